The lowest BCUT2D eigenvalue weighted by molar-refractivity contribution is -0.402. The molecule has 1 aliphatic rings. The maximum Gasteiger partial charge on any atom is 0.433 e. The Morgan fingerprint density at radius 1 is 1.39 bits per heavy atom. The average molecular weight is 405 g/mol. The topological polar surface area (TPSA) is 118 Å². The molecule has 2 aromatic rings. The van der Waals surface area contributed by atoms with E-state index in [0.29, 0.717) is 11.4 Å². The SMILES string of the molecule is CC1(C(=O)NCc2ccc(Cl)cc2)CCC(=O)N1/N=C/c1ccc([N+](=O)[O-])o1. The lowest BCUT2D eigenvalue weighted by atomic mass is 9.98. The van der Waals surface area contributed by atoms with Gasteiger partial charge in [0.25, 0.3) is 0 Å². The van der Waals surface area contributed by atoms with Crippen LogP contribution in [0.1, 0.15) is 31.1 Å². The number of halogens is 1. The van der Waals surface area contributed by atoms with Gasteiger partial charge in [-0.25, -0.2) is 5.01 Å². The van der Waals surface area contributed by atoms with E-state index < -0.39 is 16.3 Å². The third-order valence-corrected chi connectivity index (χ3v) is 4.73. The average Bonchev–Trinajstić information content (AvgIpc) is 3.25. The Balaban J connectivity index is 1.71. The summed E-state index contributed by atoms with van der Waals surface area (Å²) in [7, 11) is 0. The Kier molecular flexibility index (Phi) is 5.46. The maximum atomic E-state index is 12.8. The molecule has 0 aliphatic carbocycles. The van der Waals surface area contributed by atoms with E-state index in [9.17, 15) is 19.7 Å². The summed E-state index contributed by atoms with van der Waals surface area (Å²) in [5.41, 5.74) is -0.304. The smallest absolute Gasteiger partial charge is 0.400 e. The Bertz CT molecular complexity index is 940. The predicted molar refractivity (Wildman–Crippen MR) is 101 cm³/mol. The largest absolute Gasteiger partial charge is 0.433 e. The van der Waals surface area contributed by atoms with E-state index in [1.54, 1.807) is 31.2 Å². The Labute approximate surface area is 165 Å². The first-order valence-corrected chi connectivity index (χ1v) is 8.81. The molecule has 0 radical (unpaired) electrons. The summed E-state index contributed by atoms with van der Waals surface area (Å²) in [4.78, 5) is 35.0. The molecule has 10 heteroatoms. The number of carbonyl (C=O) groups is 2. The molecular formula is C18H17ClN4O5. The lowest BCUT2D eigenvalue weighted by Gasteiger charge is -2.29. The van der Waals surface area contributed by atoms with E-state index >= 15 is 0 Å². The van der Waals surface area contributed by atoms with E-state index in [1.165, 1.54) is 18.3 Å². The monoisotopic (exact) mass is 404 g/mol. The first-order valence-electron chi connectivity index (χ1n) is 8.43. The van der Waals surface area contributed by atoms with E-state index in [1.807, 2.05) is 0 Å². The van der Waals surface area contributed by atoms with Crippen LogP contribution in [0.25, 0.3) is 0 Å². The first-order chi connectivity index (χ1) is 13.3. The van der Waals surface area contributed by atoms with Gasteiger partial charge >= 0.3 is 5.88 Å². The fraction of sp³-hybridized carbons (Fsp3) is 0.278. The zero-order chi connectivity index (χ0) is 20.3. The minimum absolute atomic E-state index is 0.107. The molecule has 1 saturated heterocycles. The van der Waals surface area contributed by atoms with Crippen molar-refractivity contribution in [1.29, 1.82) is 0 Å². The zero-order valence-corrected chi connectivity index (χ0v) is 15.7. The normalized spacial score (nSPS) is 19.4. The highest BCUT2D eigenvalue weighted by Crippen LogP contribution is 2.31. The van der Waals surface area contributed by atoms with Crippen LogP contribution in [0.15, 0.2) is 45.9 Å². The molecule has 0 bridgehead atoms. The molecule has 2 amide bonds. The lowest BCUT2D eigenvalue weighted by Crippen LogP contribution is -2.52. The predicted octanol–water partition coefficient (Wildman–Crippen LogP) is 2.87. The highest BCUT2D eigenvalue weighted by Gasteiger charge is 2.47. The summed E-state index contributed by atoms with van der Waals surface area (Å²) in [5.74, 6) is -0.995. The second kappa shape index (κ2) is 7.81. The van der Waals surface area contributed by atoms with E-state index in [-0.39, 0.29) is 30.5 Å². The quantitative estimate of drug-likeness (QED) is 0.451. The Morgan fingerprint density at radius 2 is 2.11 bits per heavy atom. The van der Waals surface area contributed by atoms with Crippen molar-refractivity contribution >= 4 is 35.5 Å². The van der Waals surface area contributed by atoms with Crippen LogP contribution in [-0.4, -0.2) is 33.5 Å². The molecule has 1 aromatic carbocycles. The van der Waals surface area contributed by atoms with Gasteiger partial charge in [0.2, 0.25) is 11.8 Å². The van der Waals surface area contributed by atoms with Crippen molar-refractivity contribution in [3.05, 3.63) is 62.9 Å². The van der Waals surface area contributed by atoms with Crippen LogP contribution in [-0.2, 0) is 16.1 Å². The van der Waals surface area contributed by atoms with E-state index in [0.717, 1.165) is 10.6 Å². The minimum atomic E-state index is -1.17. The molecule has 1 fully saturated rings. The number of hydrogen-bond acceptors (Lipinski definition) is 6. The summed E-state index contributed by atoms with van der Waals surface area (Å²) in [5, 5.41) is 19.2. The van der Waals surface area contributed by atoms with Crippen molar-refractivity contribution in [2.75, 3.05) is 0 Å². The fourth-order valence-electron chi connectivity index (χ4n) is 2.84. The highest BCUT2D eigenvalue weighted by atomic mass is 35.5. The van der Waals surface area contributed by atoms with Gasteiger partial charge in [0.05, 0.1) is 12.3 Å². The number of rotatable bonds is 6. The van der Waals surface area contributed by atoms with E-state index in [2.05, 4.69) is 10.4 Å². The number of hydrazone groups is 1. The van der Waals surface area contributed by atoms with E-state index in [4.69, 9.17) is 16.0 Å². The number of hydrogen-bond donors (Lipinski definition) is 1. The number of furan rings is 1. The second-order valence-corrected chi connectivity index (χ2v) is 6.90. The van der Waals surface area contributed by atoms with Crippen molar-refractivity contribution in [3.63, 3.8) is 0 Å². The summed E-state index contributed by atoms with van der Waals surface area (Å²) >= 11 is 5.85. The van der Waals surface area contributed by atoms with Crippen LogP contribution in [0, 0.1) is 10.1 Å². The van der Waals surface area contributed by atoms with Crippen molar-refractivity contribution in [3.8, 4) is 0 Å². The molecule has 1 aliphatic heterocycles. The van der Waals surface area contributed by atoms with Crippen LogP contribution in [0.5, 0.6) is 0 Å². The first kappa shape index (κ1) is 19.6. The second-order valence-electron chi connectivity index (χ2n) is 6.47. The van der Waals surface area contributed by atoms with Crippen LogP contribution in [0.4, 0.5) is 5.88 Å². The van der Waals surface area contributed by atoms with Gasteiger partial charge in [-0.15, -0.1) is 0 Å². The molecular weight excluding hydrogens is 388 g/mol. The van der Waals surface area contributed by atoms with Crippen molar-refractivity contribution in [2.45, 2.75) is 31.8 Å². The molecule has 28 heavy (non-hydrogen) atoms. The maximum absolute atomic E-state index is 12.8. The number of nitrogens with one attached hydrogen (secondary N) is 1. The summed E-state index contributed by atoms with van der Waals surface area (Å²) < 4.78 is 4.99. The van der Waals surface area contributed by atoms with Crippen molar-refractivity contribution in [1.82, 2.24) is 10.3 Å². The van der Waals surface area contributed by atoms with Crippen molar-refractivity contribution < 1.29 is 18.9 Å². The zero-order valence-electron chi connectivity index (χ0n) is 14.9. The van der Waals surface area contributed by atoms with Crippen LogP contribution >= 0.6 is 11.6 Å². The number of nitro groups is 1. The van der Waals surface area contributed by atoms with Gasteiger partial charge in [-0.1, -0.05) is 23.7 Å². The summed E-state index contributed by atoms with van der Waals surface area (Å²) in [6.07, 6.45) is 1.65. The van der Waals surface area contributed by atoms with Crippen LogP contribution in [0.2, 0.25) is 5.02 Å². The summed E-state index contributed by atoms with van der Waals surface area (Å²) in [6.45, 7) is 1.90. The van der Waals surface area contributed by atoms with Crippen molar-refractivity contribution in [2.24, 2.45) is 5.10 Å². The third-order valence-electron chi connectivity index (χ3n) is 4.48. The molecule has 146 valence electrons. The molecule has 1 N–H and O–H groups in total. The highest BCUT2D eigenvalue weighted by molar-refractivity contribution is 6.30. The Hall–Kier alpha value is -3.20. The summed E-state index contributed by atoms with van der Waals surface area (Å²) in [6, 6.07) is 9.59. The molecule has 0 saturated carbocycles. The van der Waals surface area contributed by atoms with Gasteiger partial charge in [0, 0.05) is 18.0 Å². The number of benzene rings is 1. The number of amides is 2. The molecule has 3 rings (SSSR count). The third kappa shape index (κ3) is 4.04. The van der Waals surface area contributed by atoms with Gasteiger partial charge in [0.1, 0.15) is 10.5 Å². The van der Waals surface area contributed by atoms with Gasteiger partial charge in [-0.3, -0.25) is 19.7 Å². The molecule has 1 unspecified atom stereocenters. The molecule has 9 nitrogen and oxygen atoms in total. The standard InChI is InChI=1S/C18H17ClN4O5/c1-18(17(25)20-10-12-2-4-13(19)5-3-12)9-8-15(24)22(18)21-11-14-6-7-16(28-14)23(26)27/h2-7,11H,8-10H2,1H3,(H,20,25)/b21-11+. The minimum Gasteiger partial charge on any atom is -0.400 e. The van der Waals surface area contributed by atoms with Gasteiger partial charge in [-0.05, 0) is 37.1 Å². The van der Waals surface area contributed by atoms with Crippen LogP contribution in [0.3, 0.4) is 0 Å². The molecule has 1 atom stereocenters. The Morgan fingerprint density at radius 3 is 2.75 bits per heavy atom. The fourth-order valence-corrected chi connectivity index (χ4v) is 2.96. The van der Waals surface area contributed by atoms with Gasteiger partial charge in [-0.2, -0.15) is 5.10 Å². The molecule has 1 aromatic heterocycles. The van der Waals surface area contributed by atoms with Crippen LogP contribution < -0.4 is 5.32 Å². The van der Waals surface area contributed by atoms with Gasteiger partial charge < -0.3 is 9.73 Å². The molecule has 2 heterocycles. The molecule has 0 spiro atoms. The number of carbonyl (C=O) groups excluding carboxylic acids is 2. The number of nitrogens with zero attached hydrogens (tertiary/aromatic N) is 3. The van der Waals surface area contributed by atoms with Gasteiger partial charge in [0.15, 0.2) is 5.76 Å².